The number of carbonyl (C=O) groups is 1. The average Bonchev–Trinajstić information content (AvgIpc) is 3.15. The van der Waals surface area contributed by atoms with E-state index in [1.165, 1.54) is 12.8 Å². The Morgan fingerprint density at radius 3 is 2.22 bits per heavy atom. The zero-order valence-electron chi connectivity index (χ0n) is 32.9. The molecule has 2 aromatic carbocycles. The first kappa shape index (κ1) is 40.8. The fourth-order valence-corrected chi connectivity index (χ4v) is 7.96. The highest BCUT2D eigenvalue weighted by atomic mass is 35.5. The number of anilines is 1. The van der Waals surface area contributed by atoms with Crippen molar-refractivity contribution < 1.29 is 19.0 Å². The van der Waals surface area contributed by atoms with Gasteiger partial charge in [-0.1, -0.05) is 37.6 Å². The number of alkyl halides is 1. The van der Waals surface area contributed by atoms with E-state index in [-0.39, 0.29) is 12.7 Å². The molecular formula is C42H55Cl2N7O4. The zero-order valence-corrected chi connectivity index (χ0v) is 34.4. The average molecular weight is 793 g/mol. The summed E-state index contributed by atoms with van der Waals surface area (Å²) in [6.45, 7) is 20.5. The molecule has 4 heterocycles. The number of benzene rings is 2. The predicted molar refractivity (Wildman–Crippen MR) is 216 cm³/mol. The van der Waals surface area contributed by atoms with Crippen LogP contribution < -0.4 is 14.4 Å². The van der Waals surface area contributed by atoms with Crippen LogP contribution >= 0.6 is 23.2 Å². The number of piperazine rings is 1. The molecule has 1 aromatic heterocycles. The summed E-state index contributed by atoms with van der Waals surface area (Å²) in [5, 5.41) is 10.1. The molecule has 3 aliphatic heterocycles. The molecule has 0 atom stereocenters. The summed E-state index contributed by atoms with van der Waals surface area (Å²) in [6, 6.07) is 15.8. The molecule has 0 radical (unpaired) electrons. The Balaban J connectivity index is 0.921. The number of amides is 1. The number of nitrogens with zero attached hydrogens (tertiary/aromatic N) is 7. The van der Waals surface area contributed by atoms with E-state index in [1.54, 1.807) is 0 Å². The highest BCUT2D eigenvalue weighted by Crippen LogP contribution is 2.39. The zero-order chi connectivity index (χ0) is 39.2. The van der Waals surface area contributed by atoms with Crippen molar-refractivity contribution in [3.05, 3.63) is 76.1 Å². The maximum Gasteiger partial charge on any atom is 0.410 e. The predicted octanol–water partition coefficient (Wildman–Crippen LogP) is 7.23. The van der Waals surface area contributed by atoms with Crippen molar-refractivity contribution in [3.8, 4) is 17.6 Å². The molecule has 0 saturated carbocycles. The summed E-state index contributed by atoms with van der Waals surface area (Å²) in [7, 11) is 0. The second kappa shape index (κ2) is 18.0. The minimum absolute atomic E-state index is 0.187. The number of halogens is 2. The normalized spacial score (nSPS) is 17.8. The number of ether oxygens (including phenoxy) is 3. The van der Waals surface area contributed by atoms with Crippen LogP contribution in [0.25, 0.3) is 0 Å². The Kier molecular flexibility index (Phi) is 13.3. The molecule has 11 nitrogen and oxygen atoms in total. The third-order valence-electron chi connectivity index (χ3n) is 10.9. The molecule has 3 aliphatic rings. The molecule has 0 aliphatic carbocycles. The van der Waals surface area contributed by atoms with E-state index in [2.05, 4.69) is 39.6 Å². The van der Waals surface area contributed by atoms with Crippen molar-refractivity contribution in [3.63, 3.8) is 0 Å². The molecule has 296 valence electrons. The van der Waals surface area contributed by atoms with Gasteiger partial charge in [0.25, 0.3) is 0 Å². The molecule has 0 unspecified atom stereocenters. The summed E-state index contributed by atoms with van der Waals surface area (Å²) in [5.41, 5.74) is 2.32. The molecule has 1 amide bonds. The van der Waals surface area contributed by atoms with E-state index in [4.69, 9.17) is 42.4 Å². The largest absolute Gasteiger partial charge is 0.489 e. The van der Waals surface area contributed by atoms with Crippen LogP contribution in [0.5, 0.6) is 11.5 Å². The first-order valence-corrected chi connectivity index (χ1v) is 20.4. The van der Waals surface area contributed by atoms with Crippen molar-refractivity contribution in [2.45, 2.75) is 65.1 Å². The van der Waals surface area contributed by atoms with Crippen LogP contribution in [0.15, 0.2) is 48.7 Å². The highest BCUT2D eigenvalue weighted by Gasteiger charge is 2.35. The molecule has 0 N–H and O–H groups in total. The molecular weight excluding hydrogens is 737 g/mol. The maximum atomic E-state index is 12.3. The van der Waals surface area contributed by atoms with Crippen molar-refractivity contribution in [2.24, 2.45) is 11.8 Å². The van der Waals surface area contributed by atoms with E-state index in [0.29, 0.717) is 34.7 Å². The van der Waals surface area contributed by atoms with Gasteiger partial charge in [0.15, 0.2) is 5.75 Å². The van der Waals surface area contributed by atoms with Crippen LogP contribution in [0, 0.1) is 23.2 Å². The fraction of sp³-hybridized carbons (Fsp3) is 0.571. The third-order valence-corrected chi connectivity index (χ3v) is 11.3. The van der Waals surface area contributed by atoms with Crippen LogP contribution in [-0.4, -0.2) is 114 Å². The Bertz CT molecular complexity index is 1790. The molecule has 3 aromatic rings. The quantitative estimate of drug-likeness (QED) is 0.165. The molecule has 0 bridgehead atoms. The fourth-order valence-electron chi connectivity index (χ4n) is 7.61. The summed E-state index contributed by atoms with van der Waals surface area (Å²) in [5.74, 6) is 3.44. The summed E-state index contributed by atoms with van der Waals surface area (Å²) in [4.78, 5) is 31.0. The Labute approximate surface area is 336 Å². The number of hydrogen-bond acceptors (Lipinski definition) is 10. The Hall–Kier alpha value is -3.82. The van der Waals surface area contributed by atoms with Crippen molar-refractivity contribution >= 4 is 35.2 Å². The number of rotatable bonds is 13. The third kappa shape index (κ3) is 10.7. The summed E-state index contributed by atoms with van der Waals surface area (Å²) < 4.78 is 17.3. The highest BCUT2D eigenvalue weighted by molar-refractivity contribution is 6.32. The van der Waals surface area contributed by atoms with Gasteiger partial charge in [0.2, 0.25) is 5.95 Å². The molecule has 0 spiro atoms. The van der Waals surface area contributed by atoms with E-state index in [0.717, 1.165) is 99.9 Å². The number of carbonyl (C=O) groups excluding carboxylic acids is 1. The second-order valence-electron chi connectivity index (χ2n) is 16.6. The maximum absolute atomic E-state index is 12.3. The van der Waals surface area contributed by atoms with Gasteiger partial charge in [0, 0.05) is 69.9 Å². The monoisotopic (exact) mass is 791 g/mol. The van der Waals surface area contributed by atoms with Gasteiger partial charge in [-0.15, -0.1) is 11.6 Å². The van der Waals surface area contributed by atoms with Crippen LogP contribution in [0.4, 0.5) is 10.7 Å². The van der Waals surface area contributed by atoms with Gasteiger partial charge in [-0.05, 0) is 94.1 Å². The Morgan fingerprint density at radius 2 is 1.56 bits per heavy atom. The first-order valence-electron chi connectivity index (χ1n) is 19.5. The molecule has 55 heavy (non-hydrogen) atoms. The number of likely N-dealkylation sites (tertiary alicyclic amines) is 2. The smallest absolute Gasteiger partial charge is 0.410 e. The number of nitriles is 1. The van der Waals surface area contributed by atoms with Gasteiger partial charge in [-0.2, -0.15) is 5.26 Å². The number of aromatic nitrogens is 2. The lowest BCUT2D eigenvalue weighted by Gasteiger charge is -2.43. The van der Waals surface area contributed by atoms with Crippen LogP contribution in [0.2, 0.25) is 5.02 Å². The van der Waals surface area contributed by atoms with Gasteiger partial charge in [0.1, 0.15) is 30.6 Å². The van der Waals surface area contributed by atoms with Crippen molar-refractivity contribution in [1.29, 1.82) is 5.26 Å². The van der Waals surface area contributed by atoms with Crippen LogP contribution in [-0.2, 0) is 16.8 Å². The van der Waals surface area contributed by atoms with E-state index >= 15 is 0 Å². The standard InChI is InChI=1S/C42H55Cl2N7O4/c1-41(2,3)55-40(52)51-27-31(28-51)26-48-15-11-30(12-16-48)25-49-17-19-50(20-18-49)39-46-14-10-35(47-39)29-54-36-8-6-33(7-9-36)42(4,5)34-22-32(24-45)38(37(44)23-34)53-21-13-43/h6-10,14,22-23,30-31H,11-13,15-21,25-29H2,1-5H3. The molecule has 6 rings (SSSR count). The van der Waals surface area contributed by atoms with E-state index < -0.39 is 11.0 Å². The van der Waals surface area contributed by atoms with Gasteiger partial charge < -0.3 is 28.9 Å². The lowest BCUT2D eigenvalue weighted by Crippen LogP contribution is -2.55. The summed E-state index contributed by atoms with van der Waals surface area (Å²) in [6.07, 6.45) is 4.09. The number of piperidine rings is 1. The van der Waals surface area contributed by atoms with E-state index in [9.17, 15) is 10.1 Å². The van der Waals surface area contributed by atoms with Crippen LogP contribution in [0.3, 0.4) is 0 Å². The van der Waals surface area contributed by atoms with Gasteiger partial charge in [-0.25, -0.2) is 14.8 Å². The van der Waals surface area contributed by atoms with Crippen molar-refractivity contribution in [2.75, 3.05) is 82.8 Å². The first-order chi connectivity index (χ1) is 26.3. The minimum atomic E-state index is -0.443. The van der Waals surface area contributed by atoms with Gasteiger partial charge in [-0.3, -0.25) is 4.90 Å². The lowest BCUT2D eigenvalue weighted by molar-refractivity contribution is -0.00840. The van der Waals surface area contributed by atoms with Gasteiger partial charge in [0.05, 0.1) is 22.2 Å². The molecule has 13 heteroatoms. The van der Waals surface area contributed by atoms with Gasteiger partial charge >= 0.3 is 6.09 Å². The topological polar surface area (TPSA) is 107 Å². The number of hydrogen-bond donors (Lipinski definition) is 0. The molecule has 3 saturated heterocycles. The van der Waals surface area contributed by atoms with Crippen LogP contribution in [0.1, 0.15) is 69.8 Å². The lowest BCUT2D eigenvalue weighted by atomic mass is 9.77. The van der Waals surface area contributed by atoms with E-state index in [1.807, 2.05) is 74.3 Å². The summed E-state index contributed by atoms with van der Waals surface area (Å²) >= 11 is 12.3. The second-order valence-corrected chi connectivity index (χ2v) is 17.3. The Morgan fingerprint density at radius 1 is 0.891 bits per heavy atom. The SMILES string of the molecule is CC(C)(C)OC(=O)N1CC(CN2CCC(CN3CCN(c4nccc(COc5ccc(C(C)(C)c6cc(Cl)c(OCCCl)c(C#N)c6)cc5)n4)CC3)CC2)C1. The van der Waals surface area contributed by atoms with Crippen molar-refractivity contribution in [1.82, 2.24) is 24.7 Å². The molecule has 3 fully saturated rings. The minimum Gasteiger partial charge on any atom is -0.489 e.